The molecule has 0 spiro atoms. The van der Waals surface area contributed by atoms with Gasteiger partial charge in [-0.1, -0.05) is 30.4 Å². The molecule has 1 aromatic heterocycles. The van der Waals surface area contributed by atoms with E-state index in [9.17, 15) is 0 Å². The van der Waals surface area contributed by atoms with Crippen LogP contribution < -0.4 is 11.3 Å². The lowest BCUT2D eigenvalue weighted by molar-refractivity contribution is 0.600. The summed E-state index contributed by atoms with van der Waals surface area (Å²) in [4.78, 5) is 1.57. The maximum absolute atomic E-state index is 5.47. The summed E-state index contributed by atoms with van der Waals surface area (Å²) in [6, 6.07) is 9.54. The van der Waals surface area contributed by atoms with Gasteiger partial charge in [0.1, 0.15) is 5.69 Å². The first kappa shape index (κ1) is 11.5. The van der Waals surface area contributed by atoms with Gasteiger partial charge in [-0.15, -0.1) is 0 Å². The van der Waals surface area contributed by atoms with Crippen molar-refractivity contribution >= 4 is 0 Å². The van der Waals surface area contributed by atoms with Gasteiger partial charge in [0.15, 0.2) is 0 Å². The van der Waals surface area contributed by atoms with Gasteiger partial charge in [0.25, 0.3) is 0 Å². The van der Waals surface area contributed by atoms with Crippen molar-refractivity contribution in [3.63, 3.8) is 0 Å². The van der Waals surface area contributed by atoms with Crippen LogP contribution in [-0.2, 0) is 0 Å². The second kappa shape index (κ2) is 4.90. The topological polar surface area (TPSA) is 68.8 Å². The third-order valence-corrected chi connectivity index (χ3v) is 2.45. The summed E-state index contributed by atoms with van der Waals surface area (Å²) in [7, 11) is 0. The Morgan fingerprint density at radius 3 is 2.71 bits per heavy atom. The van der Waals surface area contributed by atoms with Crippen molar-refractivity contribution in [3.05, 3.63) is 54.4 Å². The molecule has 0 fully saturated rings. The third kappa shape index (κ3) is 2.41. The molecule has 0 radical (unpaired) electrons. The van der Waals surface area contributed by atoms with Gasteiger partial charge in [-0.2, -0.15) is 15.0 Å². The lowest BCUT2D eigenvalue weighted by atomic mass is 10.1. The van der Waals surface area contributed by atoms with E-state index >= 15 is 0 Å². The minimum absolute atomic E-state index is 0.174. The maximum atomic E-state index is 5.47. The molecule has 0 aliphatic rings. The summed E-state index contributed by atoms with van der Waals surface area (Å²) in [6.45, 7) is 5.76. The molecule has 88 valence electrons. The number of hydrazine groups is 1. The highest BCUT2D eigenvalue weighted by Crippen LogP contribution is 2.16. The fourth-order valence-corrected chi connectivity index (χ4v) is 1.57. The van der Waals surface area contributed by atoms with Crippen LogP contribution >= 0.6 is 0 Å². The average Bonchev–Trinajstić information content (AvgIpc) is 2.80. The number of para-hydroxylation sites is 1. The zero-order chi connectivity index (χ0) is 12.3. The molecule has 5 heteroatoms. The van der Waals surface area contributed by atoms with Crippen molar-refractivity contribution in [2.75, 3.05) is 0 Å². The molecule has 1 atom stereocenters. The number of rotatable bonds is 4. The molecule has 0 aliphatic carbocycles. The van der Waals surface area contributed by atoms with Gasteiger partial charge in [-0.05, 0) is 19.1 Å². The summed E-state index contributed by atoms with van der Waals surface area (Å²) in [5, 5.41) is 8.58. The van der Waals surface area contributed by atoms with Crippen molar-refractivity contribution < 1.29 is 0 Å². The molecule has 0 bridgehead atoms. The molecule has 3 N–H and O–H groups in total. The lowest BCUT2D eigenvalue weighted by Crippen LogP contribution is -2.29. The quantitative estimate of drug-likeness (QED) is 0.471. The van der Waals surface area contributed by atoms with Gasteiger partial charge in [0.05, 0.1) is 17.9 Å². The van der Waals surface area contributed by atoms with Crippen LogP contribution in [0.15, 0.2) is 48.7 Å². The number of aromatic nitrogens is 3. The third-order valence-electron chi connectivity index (χ3n) is 2.45. The predicted octanol–water partition coefficient (Wildman–Crippen LogP) is 1.35. The maximum Gasteiger partial charge on any atom is 0.106 e. The molecule has 1 aromatic carbocycles. The second-order valence-corrected chi connectivity index (χ2v) is 3.84. The van der Waals surface area contributed by atoms with E-state index < -0.39 is 0 Å². The molecule has 1 heterocycles. The Hall–Kier alpha value is -1.98. The highest BCUT2D eigenvalue weighted by atomic mass is 15.5. The molecule has 2 rings (SSSR count). The summed E-state index contributed by atoms with van der Waals surface area (Å²) in [6.07, 6.45) is 1.69. The van der Waals surface area contributed by atoms with Crippen LogP contribution in [0.5, 0.6) is 0 Å². The smallest absolute Gasteiger partial charge is 0.106 e. The van der Waals surface area contributed by atoms with Gasteiger partial charge in [0, 0.05) is 0 Å². The van der Waals surface area contributed by atoms with Crippen molar-refractivity contribution in [2.24, 2.45) is 5.84 Å². The van der Waals surface area contributed by atoms with E-state index in [0.29, 0.717) is 0 Å². The Morgan fingerprint density at radius 1 is 1.41 bits per heavy atom. The minimum atomic E-state index is -0.174. The lowest BCUT2D eigenvalue weighted by Gasteiger charge is -2.11. The van der Waals surface area contributed by atoms with E-state index in [-0.39, 0.29) is 6.04 Å². The van der Waals surface area contributed by atoms with Crippen LogP contribution in [0.2, 0.25) is 0 Å². The Labute approximate surface area is 99.9 Å². The molecular weight excluding hydrogens is 214 g/mol. The zero-order valence-electron chi connectivity index (χ0n) is 9.67. The Bertz CT molecular complexity index is 503. The molecule has 0 saturated heterocycles. The highest BCUT2D eigenvalue weighted by molar-refractivity contribution is 5.29. The SMILES string of the molecule is C=C(C)C(NN)c1cnn(-c2ccccc2)n1. The van der Waals surface area contributed by atoms with Gasteiger partial charge in [0.2, 0.25) is 0 Å². The molecular formula is C12H15N5. The number of nitrogens with zero attached hydrogens (tertiary/aromatic N) is 3. The molecule has 1 unspecified atom stereocenters. The number of nitrogens with two attached hydrogens (primary N) is 1. The number of benzene rings is 1. The Kier molecular flexibility index (Phi) is 3.32. The number of hydrogen-bond donors (Lipinski definition) is 2. The average molecular weight is 229 g/mol. The van der Waals surface area contributed by atoms with Crippen molar-refractivity contribution in [1.82, 2.24) is 20.4 Å². The Balaban J connectivity index is 2.30. The normalized spacial score (nSPS) is 12.4. The summed E-state index contributed by atoms with van der Waals surface area (Å²) < 4.78 is 0. The van der Waals surface area contributed by atoms with Crippen LogP contribution in [0.4, 0.5) is 0 Å². The molecule has 2 aromatic rings. The minimum Gasteiger partial charge on any atom is -0.271 e. The number of hydrogen-bond acceptors (Lipinski definition) is 4. The fraction of sp³-hybridized carbons (Fsp3) is 0.167. The van der Waals surface area contributed by atoms with E-state index in [0.717, 1.165) is 17.0 Å². The van der Waals surface area contributed by atoms with Gasteiger partial charge in [-0.3, -0.25) is 5.84 Å². The van der Waals surface area contributed by atoms with Crippen LogP contribution in [0.1, 0.15) is 18.7 Å². The van der Waals surface area contributed by atoms with Crippen LogP contribution in [0.25, 0.3) is 5.69 Å². The van der Waals surface area contributed by atoms with E-state index in [2.05, 4.69) is 22.2 Å². The molecule has 5 nitrogen and oxygen atoms in total. The van der Waals surface area contributed by atoms with Crippen LogP contribution in [-0.4, -0.2) is 15.0 Å². The molecule has 0 saturated carbocycles. The van der Waals surface area contributed by atoms with E-state index in [1.807, 2.05) is 37.3 Å². The van der Waals surface area contributed by atoms with Gasteiger partial charge in [-0.25, -0.2) is 5.43 Å². The van der Waals surface area contributed by atoms with E-state index in [1.54, 1.807) is 11.0 Å². The fourth-order valence-electron chi connectivity index (χ4n) is 1.57. The Morgan fingerprint density at radius 2 is 2.12 bits per heavy atom. The summed E-state index contributed by atoms with van der Waals surface area (Å²) in [5.41, 5.74) is 5.23. The summed E-state index contributed by atoms with van der Waals surface area (Å²) in [5.74, 6) is 5.47. The van der Waals surface area contributed by atoms with Crippen LogP contribution in [0, 0.1) is 0 Å². The molecule has 0 aliphatic heterocycles. The van der Waals surface area contributed by atoms with Crippen LogP contribution in [0.3, 0.4) is 0 Å². The van der Waals surface area contributed by atoms with Crippen molar-refractivity contribution in [3.8, 4) is 5.69 Å². The van der Waals surface area contributed by atoms with Crippen molar-refractivity contribution in [2.45, 2.75) is 13.0 Å². The predicted molar refractivity (Wildman–Crippen MR) is 66.2 cm³/mol. The zero-order valence-corrected chi connectivity index (χ0v) is 9.67. The van der Waals surface area contributed by atoms with Crippen molar-refractivity contribution in [1.29, 1.82) is 0 Å². The summed E-state index contributed by atoms with van der Waals surface area (Å²) >= 11 is 0. The largest absolute Gasteiger partial charge is 0.271 e. The number of nitrogens with one attached hydrogen (secondary N) is 1. The first-order valence-corrected chi connectivity index (χ1v) is 5.31. The standard InChI is InChI=1S/C12H15N5/c1-9(2)12(15-13)11-8-14-17(16-11)10-6-4-3-5-7-10/h3-8,12,15H,1,13H2,2H3. The second-order valence-electron chi connectivity index (χ2n) is 3.84. The first-order valence-electron chi connectivity index (χ1n) is 5.31. The van der Waals surface area contributed by atoms with E-state index in [4.69, 9.17) is 5.84 Å². The molecule has 0 amide bonds. The first-order chi connectivity index (χ1) is 8.22. The van der Waals surface area contributed by atoms with Gasteiger partial charge < -0.3 is 0 Å². The molecule has 17 heavy (non-hydrogen) atoms. The monoisotopic (exact) mass is 229 g/mol. The van der Waals surface area contributed by atoms with Gasteiger partial charge >= 0.3 is 0 Å². The van der Waals surface area contributed by atoms with E-state index in [1.165, 1.54) is 0 Å². The highest BCUT2D eigenvalue weighted by Gasteiger charge is 2.14.